The molecule has 0 bridgehead atoms. The van der Waals surface area contributed by atoms with Gasteiger partial charge in [-0.2, -0.15) is 21.0 Å². The molecule has 1 saturated heterocycles. The molecule has 0 amide bonds. The Morgan fingerprint density at radius 2 is 2.10 bits per heavy atom. The summed E-state index contributed by atoms with van der Waals surface area (Å²) >= 11 is 1.46. The van der Waals surface area contributed by atoms with Crippen molar-refractivity contribution in [3.63, 3.8) is 0 Å². The minimum atomic E-state index is -0.217. The lowest BCUT2D eigenvalue weighted by Crippen LogP contribution is -2.30. The van der Waals surface area contributed by atoms with Crippen LogP contribution in [0.5, 0.6) is 0 Å². The number of rotatable bonds is 6. The van der Waals surface area contributed by atoms with E-state index in [9.17, 15) is 4.79 Å². The highest BCUT2D eigenvalue weighted by molar-refractivity contribution is 7.08. The van der Waals surface area contributed by atoms with Crippen LogP contribution in [0.1, 0.15) is 40.3 Å². The summed E-state index contributed by atoms with van der Waals surface area (Å²) in [6.45, 7) is 3.27. The van der Waals surface area contributed by atoms with Gasteiger partial charge in [0.15, 0.2) is 5.82 Å². The van der Waals surface area contributed by atoms with E-state index in [1.165, 1.54) is 16.0 Å². The second-order valence-corrected chi connectivity index (χ2v) is 7.98. The molecule has 0 aliphatic carbocycles. The summed E-state index contributed by atoms with van der Waals surface area (Å²) in [5.41, 5.74) is 7.77. The molecule has 1 aromatic carbocycles. The number of nitrogen functional groups attached to an aromatic ring is 1. The average Bonchev–Trinajstić information content (AvgIpc) is 3.37. The van der Waals surface area contributed by atoms with E-state index < -0.39 is 0 Å². The fraction of sp³-hybridized carbons (Fsp3) is 0.300. The van der Waals surface area contributed by atoms with Gasteiger partial charge in [-0.05, 0) is 17.0 Å². The van der Waals surface area contributed by atoms with Crippen molar-refractivity contribution in [1.82, 2.24) is 14.8 Å². The molecule has 1 fully saturated rings. The summed E-state index contributed by atoms with van der Waals surface area (Å²) < 4.78 is 6.96. The Kier molecular flexibility index (Phi) is 5.16. The number of amidine groups is 1. The largest absolute Gasteiger partial charge is 0.384 e. The summed E-state index contributed by atoms with van der Waals surface area (Å²) in [5, 5.41) is 15.7. The van der Waals surface area contributed by atoms with Crippen LogP contribution in [-0.4, -0.2) is 40.2 Å². The number of nitrogens with zero attached hydrogens (tertiary/aromatic N) is 4. The number of carbonyl (C=O) groups is 1. The first-order valence-electron chi connectivity index (χ1n) is 9.24. The number of carbonyl (C=O) groups excluding carboxylic acids is 1. The van der Waals surface area contributed by atoms with Crippen molar-refractivity contribution in [2.45, 2.75) is 19.6 Å². The number of nitrogens with two attached hydrogens (primary N) is 1. The predicted molar refractivity (Wildman–Crippen MR) is 111 cm³/mol. The Hall–Kier alpha value is -3.04. The van der Waals surface area contributed by atoms with E-state index in [0.29, 0.717) is 42.0 Å². The normalized spacial score (nSPS) is 18.3. The highest BCUT2D eigenvalue weighted by atomic mass is 32.1. The van der Waals surface area contributed by atoms with E-state index >= 15 is 0 Å². The SMILES string of the molecule is CC1COC1c1nc(N(C)Cc2ccc(C(=N)N)cc2)n(C(=O)c2ccsc2)n1. The lowest BCUT2D eigenvalue weighted by atomic mass is 10.0. The number of nitrogens with one attached hydrogen (secondary N) is 1. The number of thiophene rings is 1. The zero-order chi connectivity index (χ0) is 20.5. The van der Waals surface area contributed by atoms with Gasteiger partial charge in [-0.1, -0.05) is 31.2 Å². The smallest absolute Gasteiger partial charge is 0.282 e. The molecule has 150 valence electrons. The molecule has 1 aliphatic rings. The molecule has 3 aromatic rings. The third-order valence-electron chi connectivity index (χ3n) is 4.90. The number of hydrogen-bond donors (Lipinski definition) is 2. The zero-order valence-corrected chi connectivity index (χ0v) is 17.0. The maximum atomic E-state index is 13.0. The van der Waals surface area contributed by atoms with Gasteiger partial charge in [0.1, 0.15) is 11.9 Å². The Balaban J connectivity index is 1.63. The summed E-state index contributed by atoms with van der Waals surface area (Å²) in [7, 11) is 1.87. The number of benzene rings is 1. The van der Waals surface area contributed by atoms with Crippen LogP contribution in [0.25, 0.3) is 0 Å². The Morgan fingerprint density at radius 3 is 2.66 bits per heavy atom. The second kappa shape index (κ2) is 7.76. The first kappa shape index (κ1) is 19.3. The first-order valence-corrected chi connectivity index (χ1v) is 10.2. The van der Waals surface area contributed by atoms with Gasteiger partial charge < -0.3 is 15.4 Å². The third-order valence-corrected chi connectivity index (χ3v) is 5.59. The summed E-state index contributed by atoms with van der Waals surface area (Å²) in [6, 6.07) is 9.21. The fourth-order valence-corrected chi connectivity index (χ4v) is 3.81. The number of aromatic nitrogens is 3. The molecular weight excluding hydrogens is 388 g/mol. The van der Waals surface area contributed by atoms with Crippen molar-refractivity contribution in [3.05, 3.63) is 63.6 Å². The maximum Gasteiger partial charge on any atom is 0.282 e. The maximum absolute atomic E-state index is 13.0. The van der Waals surface area contributed by atoms with Crippen molar-refractivity contribution >= 4 is 29.0 Å². The standard InChI is InChI=1S/C20H22N6O2S/c1-12-10-28-16(12)18-23-20(26(24-18)19(27)15-7-8-29-11-15)25(2)9-13-3-5-14(6-4-13)17(21)22/h3-8,11-12,16H,9-10H2,1-2H3,(H3,21,22). The molecule has 1 aliphatic heterocycles. The minimum Gasteiger partial charge on any atom is -0.384 e. The molecule has 4 rings (SSSR count). The van der Waals surface area contributed by atoms with Crippen molar-refractivity contribution in [3.8, 4) is 0 Å². The quantitative estimate of drug-likeness (QED) is 0.477. The lowest BCUT2D eigenvalue weighted by molar-refractivity contribution is -0.114. The molecule has 3 N–H and O–H groups in total. The van der Waals surface area contributed by atoms with Crippen molar-refractivity contribution < 1.29 is 9.53 Å². The predicted octanol–water partition coefficient (Wildman–Crippen LogP) is 2.66. The molecule has 0 saturated carbocycles. The Labute approximate surface area is 172 Å². The summed E-state index contributed by atoms with van der Waals surface area (Å²) in [4.78, 5) is 19.5. The van der Waals surface area contributed by atoms with Crippen molar-refractivity contribution in [2.24, 2.45) is 11.7 Å². The number of hydrogen-bond acceptors (Lipinski definition) is 7. The van der Waals surface area contributed by atoms with E-state index in [-0.39, 0.29) is 17.8 Å². The molecule has 2 unspecified atom stereocenters. The van der Waals surface area contributed by atoms with Crippen LogP contribution in [0, 0.1) is 11.3 Å². The Bertz CT molecular complexity index is 1030. The molecule has 2 atom stereocenters. The van der Waals surface area contributed by atoms with E-state index in [1.54, 1.807) is 11.4 Å². The first-order chi connectivity index (χ1) is 13.9. The van der Waals surface area contributed by atoms with Crippen LogP contribution in [0.2, 0.25) is 0 Å². The third kappa shape index (κ3) is 3.79. The van der Waals surface area contributed by atoms with Crippen LogP contribution >= 0.6 is 11.3 Å². The van der Waals surface area contributed by atoms with Crippen LogP contribution in [0.4, 0.5) is 5.95 Å². The van der Waals surface area contributed by atoms with E-state index in [4.69, 9.17) is 15.9 Å². The molecule has 8 nitrogen and oxygen atoms in total. The molecule has 0 spiro atoms. The summed E-state index contributed by atoms with van der Waals surface area (Å²) in [6.07, 6.45) is -0.187. The lowest BCUT2D eigenvalue weighted by Gasteiger charge is -2.31. The minimum absolute atomic E-state index is 0.0327. The fourth-order valence-electron chi connectivity index (χ4n) is 3.18. The molecule has 0 radical (unpaired) electrons. The molecule has 3 heterocycles. The molecule has 29 heavy (non-hydrogen) atoms. The van der Waals surface area contributed by atoms with Gasteiger partial charge in [0.25, 0.3) is 5.91 Å². The van der Waals surface area contributed by atoms with Crippen LogP contribution < -0.4 is 10.6 Å². The van der Waals surface area contributed by atoms with Gasteiger partial charge in [-0.3, -0.25) is 10.2 Å². The van der Waals surface area contributed by atoms with Crippen molar-refractivity contribution in [1.29, 1.82) is 5.41 Å². The number of ether oxygens (including phenoxy) is 1. The second-order valence-electron chi connectivity index (χ2n) is 7.20. The van der Waals surface area contributed by atoms with Gasteiger partial charge in [-0.15, -0.1) is 5.10 Å². The van der Waals surface area contributed by atoms with Gasteiger partial charge in [-0.25, -0.2) is 0 Å². The van der Waals surface area contributed by atoms with Crippen LogP contribution in [0.3, 0.4) is 0 Å². The van der Waals surface area contributed by atoms with E-state index in [2.05, 4.69) is 17.0 Å². The molecular formula is C20H22N6O2S. The highest BCUT2D eigenvalue weighted by Gasteiger charge is 2.35. The Morgan fingerprint density at radius 1 is 1.34 bits per heavy atom. The monoisotopic (exact) mass is 410 g/mol. The van der Waals surface area contributed by atoms with Gasteiger partial charge >= 0.3 is 0 Å². The van der Waals surface area contributed by atoms with Gasteiger partial charge in [0, 0.05) is 30.5 Å². The molecule has 9 heteroatoms. The van der Waals surface area contributed by atoms with Crippen LogP contribution in [-0.2, 0) is 11.3 Å². The van der Waals surface area contributed by atoms with Gasteiger partial charge in [0.05, 0.1) is 12.2 Å². The average molecular weight is 411 g/mol. The number of anilines is 1. The van der Waals surface area contributed by atoms with E-state index in [1.807, 2.05) is 41.6 Å². The van der Waals surface area contributed by atoms with Crippen molar-refractivity contribution in [2.75, 3.05) is 18.6 Å². The van der Waals surface area contributed by atoms with E-state index in [0.717, 1.165) is 5.56 Å². The molecule has 2 aromatic heterocycles. The topological polar surface area (TPSA) is 110 Å². The van der Waals surface area contributed by atoms with Gasteiger partial charge in [0.2, 0.25) is 5.95 Å². The summed E-state index contributed by atoms with van der Waals surface area (Å²) in [5.74, 6) is 1.13. The zero-order valence-electron chi connectivity index (χ0n) is 16.2. The van der Waals surface area contributed by atoms with Crippen LogP contribution in [0.15, 0.2) is 41.1 Å². The highest BCUT2D eigenvalue weighted by Crippen LogP contribution is 2.34.